The minimum Gasteiger partial charge on any atom is -0.313 e. The molecule has 1 unspecified atom stereocenters. The van der Waals surface area contributed by atoms with Crippen molar-refractivity contribution in [2.24, 2.45) is 0 Å². The molecule has 0 bridgehead atoms. The van der Waals surface area contributed by atoms with E-state index in [4.69, 9.17) is 0 Å². The van der Waals surface area contributed by atoms with Crippen LogP contribution >= 0.6 is 15.9 Å². The van der Waals surface area contributed by atoms with Crippen molar-refractivity contribution in [3.8, 4) is 0 Å². The summed E-state index contributed by atoms with van der Waals surface area (Å²) in [6.07, 6.45) is 0.631. The number of nitrogens with one attached hydrogen (secondary N) is 1. The maximum absolute atomic E-state index is 13.9. The molecule has 0 aliphatic carbocycles. The van der Waals surface area contributed by atoms with Crippen LogP contribution in [0.25, 0.3) is 0 Å². The normalized spacial score (nSPS) is 12.4. The van der Waals surface area contributed by atoms with Crippen molar-refractivity contribution in [2.45, 2.75) is 26.3 Å². The molecule has 0 heterocycles. The van der Waals surface area contributed by atoms with Crippen molar-refractivity contribution < 1.29 is 4.39 Å². The molecule has 3 heteroatoms. The standard InChI is InChI=1S/C17H19BrFN/c1-11-4-6-15(12(2)8-11)17(20-3)10-13-9-14(18)5-7-16(13)19/h4-9,17,20H,10H2,1-3H3. The molecule has 106 valence electrons. The van der Waals surface area contributed by atoms with Crippen LogP contribution in [-0.2, 0) is 6.42 Å². The summed E-state index contributed by atoms with van der Waals surface area (Å²) in [5.41, 5.74) is 4.42. The molecular weight excluding hydrogens is 317 g/mol. The second kappa shape index (κ2) is 6.51. The van der Waals surface area contributed by atoms with Crippen LogP contribution in [-0.4, -0.2) is 7.05 Å². The van der Waals surface area contributed by atoms with E-state index in [0.29, 0.717) is 6.42 Å². The second-order valence-electron chi connectivity index (χ2n) is 5.14. The number of likely N-dealkylation sites (N-methyl/N-ethyl adjacent to an activating group) is 1. The summed E-state index contributed by atoms with van der Waals surface area (Å²) in [6, 6.07) is 11.6. The van der Waals surface area contributed by atoms with Gasteiger partial charge in [-0.3, -0.25) is 0 Å². The first-order valence-corrected chi connectivity index (χ1v) is 7.49. The Hall–Kier alpha value is -1.19. The molecule has 2 aromatic carbocycles. The summed E-state index contributed by atoms with van der Waals surface area (Å²) in [5.74, 6) is -0.154. The molecule has 20 heavy (non-hydrogen) atoms. The number of benzene rings is 2. The Bertz CT molecular complexity index is 610. The molecule has 0 saturated heterocycles. The average molecular weight is 336 g/mol. The molecule has 0 fully saturated rings. The fourth-order valence-corrected chi connectivity index (χ4v) is 2.91. The molecule has 1 atom stereocenters. The lowest BCUT2D eigenvalue weighted by atomic mass is 9.94. The molecule has 0 radical (unpaired) electrons. The van der Waals surface area contributed by atoms with Gasteiger partial charge in [0.25, 0.3) is 0 Å². The van der Waals surface area contributed by atoms with E-state index in [2.05, 4.69) is 53.3 Å². The summed E-state index contributed by atoms with van der Waals surface area (Å²) in [7, 11) is 1.92. The molecule has 0 amide bonds. The Morgan fingerprint density at radius 2 is 1.90 bits per heavy atom. The van der Waals surface area contributed by atoms with E-state index < -0.39 is 0 Å². The molecule has 1 N–H and O–H groups in total. The molecule has 1 nitrogen and oxygen atoms in total. The average Bonchev–Trinajstić information content (AvgIpc) is 2.40. The van der Waals surface area contributed by atoms with Crippen LogP contribution in [0.2, 0.25) is 0 Å². The third kappa shape index (κ3) is 3.47. The topological polar surface area (TPSA) is 12.0 Å². The fourth-order valence-electron chi connectivity index (χ4n) is 2.50. The lowest BCUT2D eigenvalue weighted by Gasteiger charge is -2.20. The first kappa shape index (κ1) is 15.2. The third-order valence-electron chi connectivity index (χ3n) is 3.58. The van der Waals surface area contributed by atoms with E-state index in [0.717, 1.165) is 10.0 Å². The Kier molecular flexibility index (Phi) is 4.95. The number of rotatable bonds is 4. The van der Waals surface area contributed by atoms with Crippen LogP contribution in [0.3, 0.4) is 0 Å². The van der Waals surface area contributed by atoms with Crippen LogP contribution in [0, 0.1) is 19.7 Å². The molecule has 0 spiro atoms. The number of hydrogen-bond acceptors (Lipinski definition) is 1. The Labute approximate surface area is 128 Å². The van der Waals surface area contributed by atoms with Gasteiger partial charge >= 0.3 is 0 Å². The largest absolute Gasteiger partial charge is 0.313 e. The molecule has 0 aliphatic heterocycles. The highest BCUT2D eigenvalue weighted by molar-refractivity contribution is 9.10. The van der Waals surface area contributed by atoms with E-state index in [1.165, 1.54) is 22.8 Å². The van der Waals surface area contributed by atoms with E-state index in [-0.39, 0.29) is 11.9 Å². The van der Waals surface area contributed by atoms with Gasteiger partial charge in [0.1, 0.15) is 5.82 Å². The summed E-state index contributed by atoms with van der Waals surface area (Å²) in [4.78, 5) is 0. The van der Waals surface area contributed by atoms with Gasteiger partial charge in [-0.2, -0.15) is 0 Å². The Morgan fingerprint density at radius 3 is 2.55 bits per heavy atom. The molecule has 2 rings (SSSR count). The first-order chi connectivity index (χ1) is 9.51. The van der Waals surface area contributed by atoms with Crippen molar-refractivity contribution in [1.29, 1.82) is 0 Å². The quantitative estimate of drug-likeness (QED) is 0.853. The highest BCUT2D eigenvalue weighted by Crippen LogP contribution is 2.25. The molecule has 2 aromatic rings. The molecule has 0 aromatic heterocycles. The highest BCUT2D eigenvalue weighted by atomic mass is 79.9. The fraction of sp³-hybridized carbons (Fsp3) is 0.294. The van der Waals surface area contributed by atoms with Crippen molar-refractivity contribution in [2.75, 3.05) is 7.05 Å². The summed E-state index contributed by atoms with van der Waals surface area (Å²) in [5, 5.41) is 3.29. The van der Waals surface area contributed by atoms with Gasteiger partial charge in [0.05, 0.1) is 0 Å². The van der Waals surface area contributed by atoms with E-state index in [9.17, 15) is 4.39 Å². The zero-order valence-electron chi connectivity index (χ0n) is 12.0. The first-order valence-electron chi connectivity index (χ1n) is 6.69. The summed E-state index contributed by atoms with van der Waals surface area (Å²) < 4.78 is 14.8. The second-order valence-corrected chi connectivity index (χ2v) is 6.06. The SMILES string of the molecule is CNC(Cc1cc(Br)ccc1F)c1ccc(C)cc1C. The minimum absolute atomic E-state index is 0.111. The van der Waals surface area contributed by atoms with Gasteiger partial charge in [-0.15, -0.1) is 0 Å². The smallest absolute Gasteiger partial charge is 0.126 e. The van der Waals surface area contributed by atoms with Gasteiger partial charge in [0, 0.05) is 10.5 Å². The predicted molar refractivity (Wildman–Crippen MR) is 85.5 cm³/mol. The highest BCUT2D eigenvalue weighted by Gasteiger charge is 2.15. The molecule has 0 aliphatic rings. The minimum atomic E-state index is -0.154. The van der Waals surface area contributed by atoms with Gasteiger partial charge < -0.3 is 5.32 Å². The van der Waals surface area contributed by atoms with E-state index in [1.54, 1.807) is 6.07 Å². The summed E-state index contributed by atoms with van der Waals surface area (Å²) in [6.45, 7) is 4.18. The Balaban J connectivity index is 2.31. The van der Waals surface area contributed by atoms with Gasteiger partial charge in [-0.05, 0) is 62.2 Å². The van der Waals surface area contributed by atoms with Crippen LogP contribution in [0.5, 0.6) is 0 Å². The van der Waals surface area contributed by atoms with Crippen molar-refractivity contribution in [3.05, 3.63) is 68.9 Å². The van der Waals surface area contributed by atoms with Gasteiger partial charge in [-0.1, -0.05) is 39.7 Å². The monoisotopic (exact) mass is 335 g/mol. The maximum atomic E-state index is 13.9. The van der Waals surface area contributed by atoms with Gasteiger partial charge in [-0.25, -0.2) is 4.39 Å². The number of hydrogen-bond donors (Lipinski definition) is 1. The van der Waals surface area contributed by atoms with Crippen LogP contribution in [0.1, 0.15) is 28.3 Å². The van der Waals surface area contributed by atoms with Crippen molar-refractivity contribution >= 4 is 15.9 Å². The third-order valence-corrected chi connectivity index (χ3v) is 4.07. The zero-order chi connectivity index (χ0) is 14.7. The Morgan fingerprint density at radius 1 is 1.15 bits per heavy atom. The molecule has 0 saturated carbocycles. The van der Waals surface area contributed by atoms with Crippen molar-refractivity contribution in [1.82, 2.24) is 5.32 Å². The lowest BCUT2D eigenvalue weighted by molar-refractivity contribution is 0.552. The van der Waals surface area contributed by atoms with E-state index >= 15 is 0 Å². The van der Waals surface area contributed by atoms with Crippen LogP contribution < -0.4 is 5.32 Å². The number of aryl methyl sites for hydroxylation is 2. The zero-order valence-corrected chi connectivity index (χ0v) is 13.6. The van der Waals surface area contributed by atoms with Gasteiger partial charge in [0.15, 0.2) is 0 Å². The molecular formula is C17H19BrFN. The summed E-state index contributed by atoms with van der Waals surface area (Å²) >= 11 is 3.40. The van der Waals surface area contributed by atoms with E-state index in [1.807, 2.05) is 13.1 Å². The number of halogens is 2. The van der Waals surface area contributed by atoms with Gasteiger partial charge in [0.2, 0.25) is 0 Å². The van der Waals surface area contributed by atoms with Crippen LogP contribution in [0.4, 0.5) is 4.39 Å². The van der Waals surface area contributed by atoms with Crippen molar-refractivity contribution in [3.63, 3.8) is 0 Å². The maximum Gasteiger partial charge on any atom is 0.126 e. The van der Waals surface area contributed by atoms with Crippen LogP contribution in [0.15, 0.2) is 40.9 Å². The predicted octanol–water partition coefficient (Wildman–Crippen LogP) is 4.71. The lowest BCUT2D eigenvalue weighted by Crippen LogP contribution is -2.20.